The smallest absolute Gasteiger partial charge is 0.261 e. The van der Waals surface area contributed by atoms with Crippen molar-refractivity contribution in [1.82, 2.24) is 15.3 Å². The SMILES string of the molecule is C[C@@H]1CCc2ncnc(-c3ccc(C(=O)N[C@H](CN)Cc4ccc(Cl)cc4Cl)s3)c21. The van der Waals surface area contributed by atoms with Crippen LogP contribution in [0.3, 0.4) is 0 Å². The number of nitrogens with two attached hydrogens (primary N) is 1. The number of aryl methyl sites for hydroxylation is 1. The number of nitrogens with zero attached hydrogens (tertiary/aromatic N) is 2. The molecular weight excluding hydrogens is 439 g/mol. The third-order valence-corrected chi connectivity index (χ3v) is 7.12. The number of hydrogen-bond acceptors (Lipinski definition) is 5. The standard InChI is InChI=1S/C22H22Cl2N4OS/c1-12-2-5-17-20(12)21(27-11-26-17)18-6-7-19(30-18)22(29)28-15(10-25)8-13-3-4-14(23)9-16(13)24/h3-4,6-7,9,11-12,15H,2,5,8,10,25H2,1H3,(H,28,29)/t12-,15+/m1/s1. The number of fused-ring (bicyclic) bond motifs is 1. The maximum atomic E-state index is 12.8. The van der Waals surface area contributed by atoms with Crippen molar-refractivity contribution >= 4 is 40.4 Å². The van der Waals surface area contributed by atoms with Gasteiger partial charge >= 0.3 is 0 Å². The predicted octanol–water partition coefficient (Wildman–Crippen LogP) is 4.86. The van der Waals surface area contributed by atoms with E-state index < -0.39 is 0 Å². The number of hydrogen-bond donors (Lipinski definition) is 2. The fourth-order valence-electron chi connectivity index (χ4n) is 3.83. The summed E-state index contributed by atoms with van der Waals surface area (Å²) >= 11 is 13.7. The second-order valence-corrected chi connectivity index (χ2v) is 9.46. The highest BCUT2D eigenvalue weighted by Gasteiger charge is 2.26. The zero-order valence-corrected chi connectivity index (χ0v) is 18.8. The molecule has 0 aliphatic heterocycles. The van der Waals surface area contributed by atoms with Gasteiger partial charge in [0.1, 0.15) is 6.33 Å². The van der Waals surface area contributed by atoms with Crippen LogP contribution in [0.1, 0.15) is 45.8 Å². The predicted molar refractivity (Wildman–Crippen MR) is 123 cm³/mol. The van der Waals surface area contributed by atoms with Crippen LogP contribution in [0.4, 0.5) is 0 Å². The van der Waals surface area contributed by atoms with Gasteiger partial charge in [-0.1, -0.05) is 36.2 Å². The van der Waals surface area contributed by atoms with Gasteiger partial charge in [-0.25, -0.2) is 9.97 Å². The Hall–Kier alpha value is -1.99. The van der Waals surface area contributed by atoms with Crippen LogP contribution in [0.2, 0.25) is 10.0 Å². The summed E-state index contributed by atoms with van der Waals surface area (Å²) < 4.78 is 0. The Labute approximate surface area is 189 Å². The minimum atomic E-state index is -0.231. The number of carbonyl (C=O) groups is 1. The summed E-state index contributed by atoms with van der Waals surface area (Å²) in [6.07, 6.45) is 4.22. The van der Waals surface area contributed by atoms with E-state index in [1.165, 1.54) is 16.9 Å². The molecule has 2 atom stereocenters. The van der Waals surface area contributed by atoms with E-state index in [2.05, 4.69) is 22.2 Å². The van der Waals surface area contributed by atoms with Crippen LogP contribution in [-0.2, 0) is 12.8 Å². The number of amides is 1. The molecular formula is C22H22Cl2N4OS. The van der Waals surface area contributed by atoms with E-state index in [1.807, 2.05) is 18.2 Å². The van der Waals surface area contributed by atoms with E-state index in [1.54, 1.807) is 18.5 Å². The van der Waals surface area contributed by atoms with Crippen molar-refractivity contribution in [2.24, 2.45) is 5.73 Å². The molecule has 0 bridgehead atoms. The second-order valence-electron chi connectivity index (χ2n) is 7.53. The number of benzene rings is 1. The molecule has 1 aliphatic rings. The first-order chi connectivity index (χ1) is 14.5. The van der Waals surface area contributed by atoms with Crippen molar-refractivity contribution < 1.29 is 4.79 Å². The minimum absolute atomic E-state index is 0.148. The lowest BCUT2D eigenvalue weighted by atomic mass is 10.0. The molecule has 4 rings (SSSR count). The largest absolute Gasteiger partial charge is 0.347 e. The van der Waals surface area contributed by atoms with Gasteiger partial charge in [-0.15, -0.1) is 11.3 Å². The molecule has 1 amide bonds. The van der Waals surface area contributed by atoms with Crippen molar-refractivity contribution in [1.29, 1.82) is 0 Å². The number of aromatic nitrogens is 2. The van der Waals surface area contributed by atoms with Gasteiger partial charge < -0.3 is 11.1 Å². The minimum Gasteiger partial charge on any atom is -0.347 e. The summed E-state index contributed by atoms with van der Waals surface area (Å²) in [6, 6.07) is 8.91. The number of carbonyl (C=O) groups excluding carboxylic acids is 1. The highest BCUT2D eigenvalue weighted by atomic mass is 35.5. The van der Waals surface area contributed by atoms with Crippen molar-refractivity contribution in [2.45, 2.75) is 38.1 Å². The van der Waals surface area contributed by atoms with Crippen molar-refractivity contribution in [3.05, 3.63) is 68.4 Å². The summed E-state index contributed by atoms with van der Waals surface area (Å²) in [5.74, 6) is 0.284. The Morgan fingerprint density at radius 2 is 2.13 bits per heavy atom. The van der Waals surface area contributed by atoms with Gasteiger partial charge in [0.2, 0.25) is 0 Å². The molecule has 2 aromatic heterocycles. The summed E-state index contributed by atoms with van der Waals surface area (Å²) in [4.78, 5) is 23.4. The Balaban J connectivity index is 1.50. The third kappa shape index (κ3) is 4.37. The van der Waals surface area contributed by atoms with Crippen LogP contribution in [-0.4, -0.2) is 28.5 Å². The van der Waals surface area contributed by atoms with Crippen molar-refractivity contribution in [3.63, 3.8) is 0 Å². The normalized spacial score (nSPS) is 16.3. The number of rotatable bonds is 6. The third-order valence-electron chi connectivity index (χ3n) is 5.44. The van der Waals surface area contributed by atoms with E-state index in [0.29, 0.717) is 33.8 Å². The van der Waals surface area contributed by atoms with E-state index in [4.69, 9.17) is 28.9 Å². The number of halogens is 2. The summed E-state index contributed by atoms with van der Waals surface area (Å²) in [5.41, 5.74) is 10.1. The van der Waals surface area contributed by atoms with Gasteiger partial charge in [0, 0.05) is 33.9 Å². The first kappa shape index (κ1) is 21.2. The first-order valence-corrected chi connectivity index (χ1v) is 11.4. The fraction of sp³-hybridized carbons (Fsp3) is 0.318. The van der Waals surface area contributed by atoms with Gasteiger partial charge in [0.05, 0.1) is 15.4 Å². The molecule has 30 heavy (non-hydrogen) atoms. The van der Waals surface area contributed by atoms with Gasteiger partial charge in [-0.3, -0.25) is 4.79 Å². The molecule has 1 aliphatic carbocycles. The summed E-state index contributed by atoms with van der Waals surface area (Å²) in [7, 11) is 0. The molecule has 0 unspecified atom stereocenters. The van der Waals surface area contributed by atoms with Gasteiger partial charge in [-0.05, 0) is 55.0 Å². The zero-order chi connectivity index (χ0) is 21.3. The average Bonchev–Trinajstić information content (AvgIpc) is 3.37. The van der Waals surface area contributed by atoms with E-state index >= 15 is 0 Å². The monoisotopic (exact) mass is 460 g/mol. The lowest BCUT2D eigenvalue weighted by molar-refractivity contribution is 0.0942. The lowest BCUT2D eigenvalue weighted by Gasteiger charge is -2.17. The Morgan fingerprint density at radius 3 is 2.90 bits per heavy atom. The Morgan fingerprint density at radius 1 is 1.30 bits per heavy atom. The maximum Gasteiger partial charge on any atom is 0.261 e. The van der Waals surface area contributed by atoms with Crippen LogP contribution in [0.15, 0.2) is 36.7 Å². The van der Waals surface area contributed by atoms with Crippen molar-refractivity contribution in [2.75, 3.05) is 6.54 Å². The Kier molecular flexibility index (Phi) is 6.39. The van der Waals surface area contributed by atoms with E-state index in [9.17, 15) is 4.79 Å². The highest BCUT2D eigenvalue weighted by Crippen LogP contribution is 2.39. The molecule has 3 N–H and O–H groups in total. The molecule has 156 valence electrons. The van der Waals surface area contributed by atoms with Crippen LogP contribution in [0.25, 0.3) is 10.6 Å². The first-order valence-electron chi connectivity index (χ1n) is 9.85. The van der Waals surface area contributed by atoms with Crippen LogP contribution >= 0.6 is 34.5 Å². The molecule has 0 radical (unpaired) electrons. The molecule has 0 saturated heterocycles. The van der Waals surface area contributed by atoms with E-state index in [0.717, 1.165) is 34.7 Å². The van der Waals surface area contributed by atoms with Crippen LogP contribution < -0.4 is 11.1 Å². The molecule has 8 heteroatoms. The van der Waals surface area contributed by atoms with E-state index in [-0.39, 0.29) is 11.9 Å². The summed E-state index contributed by atoms with van der Waals surface area (Å²) in [6.45, 7) is 2.51. The maximum absolute atomic E-state index is 12.8. The van der Waals surface area contributed by atoms with Crippen molar-refractivity contribution in [3.8, 4) is 10.6 Å². The molecule has 2 heterocycles. The highest BCUT2D eigenvalue weighted by molar-refractivity contribution is 7.17. The summed E-state index contributed by atoms with van der Waals surface area (Å²) in [5, 5.41) is 4.17. The van der Waals surface area contributed by atoms with Gasteiger partial charge in [0.25, 0.3) is 5.91 Å². The average molecular weight is 461 g/mol. The van der Waals surface area contributed by atoms with Crippen LogP contribution in [0, 0.1) is 0 Å². The molecule has 5 nitrogen and oxygen atoms in total. The topological polar surface area (TPSA) is 80.9 Å². The van der Waals surface area contributed by atoms with Gasteiger partial charge in [-0.2, -0.15) is 0 Å². The zero-order valence-electron chi connectivity index (χ0n) is 16.5. The molecule has 0 spiro atoms. The fourth-order valence-corrected chi connectivity index (χ4v) is 5.24. The quantitative estimate of drug-likeness (QED) is 0.549. The van der Waals surface area contributed by atoms with Gasteiger partial charge in [0.15, 0.2) is 0 Å². The second kappa shape index (κ2) is 9.02. The molecule has 1 aromatic carbocycles. The molecule has 0 saturated carbocycles. The number of thiophene rings is 1. The molecule has 0 fully saturated rings. The lowest BCUT2D eigenvalue weighted by Crippen LogP contribution is -2.41. The molecule has 3 aromatic rings. The number of nitrogens with one attached hydrogen (secondary N) is 1. The Bertz CT molecular complexity index is 1080. The van der Waals surface area contributed by atoms with Crippen LogP contribution in [0.5, 0.6) is 0 Å².